The van der Waals surface area contributed by atoms with Crippen LogP contribution in [-0.2, 0) is 0 Å². The molecular formula is C6H12N3+. The van der Waals surface area contributed by atoms with Crippen molar-refractivity contribution in [2.75, 3.05) is 13.1 Å². The van der Waals surface area contributed by atoms with Gasteiger partial charge in [-0.3, -0.25) is 5.32 Å². The van der Waals surface area contributed by atoms with E-state index in [0.717, 1.165) is 13.1 Å². The minimum absolute atomic E-state index is 0.941. The number of hydrogen-bond donors (Lipinski definition) is 2. The average Bonchev–Trinajstić information content (AvgIpc) is 2.34. The lowest BCUT2D eigenvalue weighted by molar-refractivity contribution is -0.470. The molecule has 0 saturated carbocycles. The number of nitrogens with one attached hydrogen (secondary N) is 1. The van der Waals surface area contributed by atoms with Crippen molar-refractivity contribution in [2.45, 2.75) is 6.92 Å². The fourth-order valence-electron chi connectivity index (χ4n) is 0.694. The van der Waals surface area contributed by atoms with Crippen molar-refractivity contribution in [3.8, 4) is 0 Å². The van der Waals surface area contributed by atoms with Crippen molar-refractivity contribution in [3.63, 3.8) is 0 Å². The van der Waals surface area contributed by atoms with E-state index in [2.05, 4.69) is 17.2 Å². The van der Waals surface area contributed by atoms with E-state index in [1.54, 1.807) is 0 Å². The summed E-state index contributed by atoms with van der Waals surface area (Å²) < 4.78 is 0. The SMILES string of the molecule is CCNCC1=CN=C[NH2+]1. The number of nitrogens with two attached hydrogens (primary N) is 1. The van der Waals surface area contributed by atoms with Crippen LogP contribution in [0, 0.1) is 0 Å². The molecule has 0 unspecified atom stereocenters. The smallest absolute Gasteiger partial charge is 0.191 e. The van der Waals surface area contributed by atoms with Gasteiger partial charge in [-0.2, -0.15) is 0 Å². The molecule has 3 N–H and O–H groups in total. The molecule has 1 aliphatic heterocycles. The molecule has 0 radical (unpaired) electrons. The molecule has 0 amide bonds. The fraction of sp³-hybridized carbons (Fsp3) is 0.500. The van der Waals surface area contributed by atoms with Crippen molar-refractivity contribution >= 4 is 6.34 Å². The first-order valence-electron chi connectivity index (χ1n) is 3.19. The molecule has 0 bridgehead atoms. The van der Waals surface area contributed by atoms with Gasteiger partial charge in [-0.05, 0) is 6.54 Å². The third-order valence-electron chi connectivity index (χ3n) is 1.19. The second-order valence-corrected chi connectivity index (χ2v) is 1.95. The number of hydrogen-bond acceptors (Lipinski definition) is 2. The zero-order chi connectivity index (χ0) is 6.53. The van der Waals surface area contributed by atoms with Gasteiger partial charge in [0.1, 0.15) is 5.70 Å². The maximum absolute atomic E-state index is 3.94. The molecule has 0 aromatic carbocycles. The maximum atomic E-state index is 3.94. The second-order valence-electron chi connectivity index (χ2n) is 1.95. The van der Waals surface area contributed by atoms with Gasteiger partial charge in [-0.15, -0.1) is 0 Å². The van der Waals surface area contributed by atoms with Gasteiger partial charge in [0, 0.05) is 0 Å². The normalized spacial score (nSPS) is 16.3. The van der Waals surface area contributed by atoms with Crippen LogP contribution in [0.3, 0.4) is 0 Å². The summed E-state index contributed by atoms with van der Waals surface area (Å²) in [5, 5.41) is 5.23. The van der Waals surface area contributed by atoms with Crippen LogP contribution < -0.4 is 10.6 Å². The molecule has 0 fully saturated rings. The number of aliphatic imine (C=N–C) groups is 1. The van der Waals surface area contributed by atoms with Crippen molar-refractivity contribution in [1.82, 2.24) is 5.32 Å². The van der Waals surface area contributed by atoms with E-state index in [1.807, 2.05) is 17.9 Å². The van der Waals surface area contributed by atoms with E-state index in [-0.39, 0.29) is 0 Å². The number of quaternary nitrogens is 1. The summed E-state index contributed by atoms with van der Waals surface area (Å²) in [4.78, 5) is 3.94. The molecule has 0 saturated heterocycles. The topological polar surface area (TPSA) is 41.0 Å². The first-order valence-corrected chi connectivity index (χ1v) is 3.19. The van der Waals surface area contributed by atoms with Crippen molar-refractivity contribution in [3.05, 3.63) is 11.9 Å². The lowest BCUT2D eigenvalue weighted by Gasteiger charge is -1.96. The highest BCUT2D eigenvalue weighted by Crippen LogP contribution is 1.82. The summed E-state index contributed by atoms with van der Waals surface area (Å²) in [6.45, 7) is 4.05. The van der Waals surface area contributed by atoms with Crippen LogP contribution in [0.25, 0.3) is 0 Å². The minimum Gasteiger partial charge on any atom is -0.308 e. The molecule has 9 heavy (non-hydrogen) atoms. The third kappa shape index (κ3) is 1.95. The Morgan fingerprint density at radius 2 is 2.67 bits per heavy atom. The molecule has 0 spiro atoms. The standard InChI is InChI=1S/C6H11N3/c1-2-7-3-6-4-8-5-9-6/h4-5,7H,2-3H2,1H3,(H,8,9)/p+1. The van der Waals surface area contributed by atoms with Gasteiger partial charge < -0.3 is 5.32 Å². The van der Waals surface area contributed by atoms with Gasteiger partial charge in [-0.25, -0.2) is 4.99 Å². The summed E-state index contributed by atoms with van der Waals surface area (Å²) >= 11 is 0. The van der Waals surface area contributed by atoms with Crippen molar-refractivity contribution in [2.24, 2.45) is 4.99 Å². The number of likely N-dealkylation sites (N-methyl/N-ethyl adjacent to an activating group) is 1. The summed E-state index contributed by atoms with van der Waals surface area (Å²) in [5.74, 6) is 0. The Labute approximate surface area is 54.9 Å². The number of rotatable bonds is 3. The van der Waals surface area contributed by atoms with Gasteiger partial charge in [0.25, 0.3) is 0 Å². The van der Waals surface area contributed by atoms with Crippen LogP contribution in [0.2, 0.25) is 0 Å². The molecular weight excluding hydrogens is 114 g/mol. The molecule has 1 rings (SSSR count). The highest BCUT2D eigenvalue weighted by molar-refractivity contribution is 5.47. The largest absolute Gasteiger partial charge is 0.308 e. The predicted molar refractivity (Wildman–Crippen MR) is 37.0 cm³/mol. The van der Waals surface area contributed by atoms with Crippen LogP contribution >= 0.6 is 0 Å². The average molecular weight is 126 g/mol. The van der Waals surface area contributed by atoms with Gasteiger partial charge in [0.05, 0.1) is 12.7 Å². The Morgan fingerprint density at radius 1 is 1.78 bits per heavy atom. The van der Waals surface area contributed by atoms with Crippen LogP contribution in [0.4, 0.5) is 0 Å². The molecule has 0 aromatic heterocycles. The molecule has 0 aliphatic carbocycles. The number of nitrogens with zero attached hydrogens (tertiary/aromatic N) is 1. The molecule has 3 heteroatoms. The quantitative estimate of drug-likeness (QED) is 0.502. The van der Waals surface area contributed by atoms with E-state index in [9.17, 15) is 0 Å². The van der Waals surface area contributed by atoms with Gasteiger partial charge in [0.15, 0.2) is 6.34 Å². The fourth-order valence-corrected chi connectivity index (χ4v) is 0.694. The van der Waals surface area contributed by atoms with Crippen molar-refractivity contribution < 1.29 is 5.32 Å². The second kappa shape index (κ2) is 3.37. The van der Waals surface area contributed by atoms with Crippen LogP contribution in [0.15, 0.2) is 16.9 Å². The summed E-state index contributed by atoms with van der Waals surface area (Å²) in [5.41, 5.74) is 1.26. The van der Waals surface area contributed by atoms with Crippen LogP contribution in [-0.4, -0.2) is 19.4 Å². The van der Waals surface area contributed by atoms with Gasteiger partial charge >= 0.3 is 0 Å². The highest BCUT2D eigenvalue weighted by atomic mass is 15.0. The molecule has 0 aromatic rings. The Balaban J connectivity index is 2.14. The van der Waals surface area contributed by atoms with E-state index < -0.39 is 0 Å². The Morgan fingerprint density at radius 3 is 3.22 bits per heavy atom. The third-order valence-corrected chi connectivity index (χ3v) is 1.19. The van der Waals surface area contributed by atoms with E-state index >= 15 is 0 Å². The molecule has 1 heterocycles. The van der Waals surface area contributed by atoms with E-state index in [0.29, 0.717) is 0 Å². The summed E-state index contributed by atoms with van der Waals surface area (Å²) in [7, 11) is 0. The zero-order valence-electron chi connectivity index (χ0n) is 5.59. The molecule has 0 atom stereocenters. The summed E-state index contributed by atoms with van der Waals surface area (Å²) in [6.07, 6.45) is 3.69. The Bertz CT molecular complexity index is 137. The Kier molecular flexibility index (Phi) is 2.42. The minimum atomic E-state index is 0.941. The maximum Gasteiger partial charge on any atom is 0.191 e. The molecule has 1 aliphatic rings. The Hall–Kier alpha value is -0.670. The van der Waals surface area contributed by atoms with Gasteiger partial charge in [0.2, 0.25) is 0 Å². The van der Waals surface area contributed by atoms with Crippen LogP contribution in [0.1, 0.15) is 6.92 Å². The first-order chi connectivity index (χ1) is 4.43. The first kappa shape index (κ1) is 6.45. The molecule has 3 nitrogen and oxygen atoms in total. The monoisotopic (exact) mass is 126 g/mol. The van der Waals surface area contributed by atoms with Gasteiger partial charge in [-0.1, -0.05) is 6.92 Å². The zero-order valence-corrected chi connectivity index (χ0v) is 5.59. The molecule has 50 valence electrons. The lowest BCUT2D eigenvalue weighted by atomic mass is 10.5. The van der Waals surface area contributed by atoms with Crippen LogP contribution in [0.5, 0.6) is 0 Å². The van der Waals surface area contributed by atoms with Crippen molar-refractivity contribution in [1.29, 1.82) is 0 Å². The van der Waals surface area contributed by atoms with E-state index in [1.165, 1.54) is 5.70 Å². The lowest BCUT2D eigenvalue weighted by Crippen LogP contribution is -2.80. The predicted octanol–water partition coefficient (Wildman–Crippen LogP) is -0.957. The summed E-state index contributed by atoms with van der Waals surface area (Å²) in [6, 6.07) is 0. The highest BCUT2D eigenvalue weighted by Gasteiger charge is 2.01. The van der Waals surface area contributed by atoms with E-state index in [4.69, 9.17) is 0 Å².